The number of hydrogen-bond acceptors (Lipinski definition) is 3. The predicted octanol–water partition coefficient (Wildman–Crippen LogP) is 3.98. The molecule has 0 spiro atoms. The molecule has 0 atom stereocenters. The van der Waals surface area contributed by atoms with Crippen LogP contribution in [0.5, 0.6) is 5.75 Å². The Labute approximate surface area is 121 Å². The van der Waals surface area contributed by atoms with Crippen LogP contribution in [0.2, 0.25) is 0 Å². The van der Waals surface area contributed by atoms with Crippen LogP contribution in [0.1, 0.15) is 16.7 Å². The summed E-state index contributed by atoms with van der Waals surface area (Å²) in [5.41, 5.74) is 3.03. The van der Waals surface area contributed by atoms with Gasteiger partial charge in [0.2, 0.25) is 0 Å². The van der Waals surface area contributed by atoms with Crippen molar-refractivity contribution < 1.29 is 9.52 Å². The molecule has 21 heavy (non-hydrogen) atoms. The predicted molar refractivity (Wildman–Crippen MR) is 84.3 cm³/mol. The van der Waals surface area contributed by atoms with Crippen LogP contribution in [0, 0.1) is 6.92 Å². The van der Waals surface area contributed by atoms with Crippen LogP contribution in [-0.4, -0.2) is 5.11 Å². The maximum Gasteiger partial charge on any atom is 0.336 e. The van der Waals surface area contributed by atoms with E-state index < -0.39 is 0 Å². The number of aromatic hydroxyl groups is 1. The third kappa shape index (κ3) is 2.87. The zero-order chi connectivity index (χ0) is 14.8. The molecule has 0 unspecified atom stereocenters. The van der Waals surface area contributed by atoms with Crippen molar-refractivity contribution in [3.8, 4) is 5.75 Å². The van der Waals surface area contributed by atoms with Crippen molar-refractivity contribution >= 4 is 23.1 Å². The molecule has 0 fully saturated rings. The van der Waals surface area contributed by atoms with Gasteiger partial charge in [-0.2, -0.15) is 0 Å². The maximum absolute atomic E-state index is 11.6. The quantitative estimate of drug-likeness (QED) is 0.721. The minimum Gasteiger partial charge on any atom is -0.508 e. The van der Waals surface area contributed by atoms with Crippen LogP contribution >= 0.6 is 0 Å². The molecule has 0 amide bonds. The fourth-order valence-electron chi connectivity index (χ4n) is 2.20. The molecular formula is C18H14O3. The van der Waals surface area contributed by atoms with Gasteiger partial charge in [0.15, 0.2) is 0 Å². The Morgan fingerprint density at radius 3 is 2.52 bits per heavy atom. The van der Waals surface area contributed by atoms with Crippen molar-refractivity contribution in [2.75, 3.05) is 0 Å². The lowest BCUT2D eigenvalue weighted by Crippen LogP contribution is -1.97. The molecule has 0 aliphatic rings. The van der Waals surface area contributed by atoms with E-state index in [0.717, 1.165) is 22.1 Å². The summed E-state index contributed by atoms with van der Waals surface area (Å²) in [7, 11) is 0. The van der Waals surface area contributed by atoms with Gasteiger partial charge in [-0.3, -0.25) is 0 Å². The second-order valence-electron chi connectivity index (χ2n) is 4.95. The highest BCUT2D eigenvalue weighted by molar-refractivity contribution is 5.89. The number of aryl methyl sites for hydroxylation is 1. The highest BCUT2D eigenvalue weighted by Gasteiger charge is 2.03. The Kier molecular flexibility index (Phi) is 3.32. The van der Waals surface area contributed by atoms with Crippen molar-refractivity contribution in [2.24, 2.45) is 0 Å². The first-order valence-electron chi connectivity index (χ1n) is 6.63. The van der Waals surface area contributed by atoms with Crippen molar-refractivity contribution in [2.45, 2.75) is 6.92 Å². The fraction of sp³-hybridized carbons (Fsp3) is 0.0556. The Hall–Kier alpha value is -2.81. The molecular weight excluding hydrogens is 264 g/mol. The summed E-state index contributed by atoms with van der Waals surface area (Å²) in [5, 5.41) is 10.2. The zero-order valence-electron chi connectivity index (χ0n) is 11.5. The minimum atomic E-state index is -0.363. The van der Waals surface area contributed by atoms with E-state index in [-0.39, 0.29) is 11.4 Å². The normalized spacial score (nSPS) is 11.3. The molecule has 0 aliphatic heterocycles. The van der Waals surface area contributed by atoms with Crippen LogP contribution in [-0.2, 0) is 0 Å². The third-order valence-corrected chi connectivity index (χ3v) is 3.28. The van der Waals surface area contributed by atoms with E-state index in [1.165, 1.54) is 6.07 Å². The Bertz CT molecular complexity index is 871. The van der Waals surface area contributed by atoms with Crippen LogP contribution in [0.15, 0.2) is 57.7 Å². The highest BCUT2D eigenvalue weighted by atomic mass is 16.4. The molecule has 104 valence electrons. The second kappa shape index (κ2) is 5.29. The van der Waals surface area contributed by atoms with Gasteiger partial charge >= 0.3 is 5.63 Å². The van der Waals surface area contributed by atoms with Gasteiger partial charge < -0.3 is 9.52 Å². The molecule has 3 heteroatoms. The van der Waals surface area contributed by atoms with Gasteiger partial charge in [0.05, 0.1) is 0 Å². The molecule has 0 aliphatic carbocycles. The number of phenolic OH excluding ortho intramolecular Hbond substituents is 1. The van der Waals surface area contributed by atoms with Gasteiger partial charge in [0.1, 0.15) is 11.3 Å². The van der Waals surface area contributed by atoms with Gasteiger partial charge in [-0.25, -0.2) is 4.79 Å². The Morgan fingerprint density at radius 2 is 1.76 bits per heavy atom. The number of hydrogen-bond donors (Lipinski definition) is 1. The van der Waals surface area contributed by atoms with E-state index in [9.17, 15) is 9.90 Å². The lowest BCUT2D eigenvalue weighted by Gasteiger charge is -2.02. The van der Waals surface area contributed by atoms with Crippen LogP contribution in [0.4, 0.5) is 0 Å². The lowest BCUT2D eigenvalue weighted by molar-refractivity contribution is 0.475. The molecule has 0 saturated heterocycles. The van der Waals surface area contributed by atoms with Gasteiger partial charge in [-0.15, -0.1) is 0 Å². The first-order valence-corrected chi connectivity index (χ1v) is 6.63. The summed E-state index contributed by atoms with van der Waals surface area (Å²) in [4.78, 5) is 11.6. The standard InChI is InChI=1S/C18H14O3/c1-12-2-9-16-14(11-18(20)21-17(16)10-12)6-3-13-4-7-15(19)8-5-13/h2-11,19H,1H3. The van der Waals surface area contributed by atoms with E-state index in [1.54, 1.807) is 12.1 Å². The van der Waals surface area contributed by atoms with Gasteiger partial charge in [0, 0.05) is 11.5 Å². The molecule has 3 aromatic rings. The largest absolute Gasteiger partial charge is 0.508 e. The van der Waals surface area contributed by atoms with Gasteiger partial charge in [0.25, 0.3) is 0 Å². The van der Waals surface area contributed by atoms with E-state index in [2.05, 4.69) is 0 Å². The molecule has 2 aromatic carbocycles. The summed E-state index contributed by atoms with van der Waals surface area (Å²) in [6, 6.07) is 14.1. The molecule has 0 radical (unpaired) electrons. The van der Waals surface area contributed by atoms with Crippen molar-refractivity contribution in [1.29, 1.82) is 0 Å². The number of benzene rings is 2. The summed E-state index contributed by atoms with van der Waals surface area (Å²) in [6.45, 7) is 1.96. The Morgan fingerprint density at radius 1 is 1.00 bits per heavy atom. The first kappa shape index (κ1) is 13.2. The molecule has 1 heterocycles. The lowest BCUT2D eigenvalue weighted by atomic mass is 10.1. The summed E-state index contributed by atoms with van der Waals surface area (Å²) in [5.74, 6) is 0.230. The SMILES string of the molecule is Cc1ccc2c(C=Cc3ccc(O)cc3)cc(=O)oc2c1. The van der Waals surface area contributed by atoms with Crippen LogP contribution in [0.3, 0.4) is 0 Å². The number of fused-ring (bicyclic) bond motifs is 1. The van der Waals surface area contributed by atoms with E-state index in [4.69, 9.17) is 4.42 Å². The average molecular weight is 278 g/mol. The zero-order valence-corrected chi connectivity index (χ0v) is 11.5. The topological polar surface area (TPSA) is 50.4 Å². The summed E-state index contributed by atoms with van der Waals surface area (Å²) in [6.07, 6.45) is 3.77. The summed E-state index contributed by atoms with van der Waals surface area (Å²) >= 11 is 0. The van der Waals surface area contributed by atoms with Crippen molar-refractivity contribution in [3.05, 3.63) is 75.6 Å². The molecule has 1 N–H and O–H groups in total. The number of phenols is 1. The second-order valence-corrected chi connectivity index (χ2v) is 4.95. The van der Waals surface area contributed by atoms with Gasteiger partial charge in [-0.05, 0) is 41.8 Å². The minimum absolute atomic E-state index is 0.230. The van der Waals surface area contributed by atoms with Crippen LogP contribution < -0.4 is 5.63 Å². The maximum atomic E-state index is 11.6. The third-order valence-electron chi connectivity index (χ3n) is 3.28. The van der Waals surface area contributed by atoms with E-state index >= 15 is 0 Å². The average Bonchev–Trinajstić information content (AvgIpc) is 2.45. The molecule has 0 saturated carbocycles. The number of rotatable bonds is 2. The van der Waals surface area contributed by atoms with Crippen LogP contribution in [0.25, 0.3) is 23.1 Å². The fourth-order valence-corrected chi connectivity index (χ4v) is 2.20. The highest BCUT2D eigenvalue weighted by Crippen LogP contribution is 2.21. The van der Waals surface area contributed by atoms with E-state index in [1.807, 2.05) is 49.4 Å². The Balaban J connectivity index is 2.07. The smallest absolute Gasteiger partial charge is 0.336 e. The molecule has 3 nitrogen and oxygen atoms in total. The molecule has 0 bridgehead atoms. The molecule has 1 aromatic heterocycles. The van der Waals surface area contributed by atoms with Crippen molar-refractivity contribution in [1.82, 2.24) is 0 Å². The van der Waals surface area contributed by atoms with E-state index in [0.29, 0.717) is 5.58 Å². The molecule has 3 rings (SSSR count). The van der Waals surface area contributed by atoms with Crippen molar-refractivity contribution in [3.63, 3.8) is 0 Å². The monoisotopic (exact) mass is 278 g/mol. The summed E-state index contributed by atoms with van der Waals surface area (Å²) < 4.78 is 5.23. The first-order chi connectivity index (χ1) is 10.1. The van der Waals surface area contributed by atoms with Gasteiger partial charge in [-0.1, -0.05) is 36.4 Å².